The highest BCUT2D eigenvalue weighted by Gasteiger charge is 2.09. The van der Waals surface area contributed by atoms with E-state index in [9.17, 15) is 4.79 Å². The van der Waals surface area contributed by atoms with Crippen molar-refractivity contribution < 1.29 is 23.7 Å². The highest BCUT2D eigenvalue weighted by molar-refractivity contribution is 5.90. The number of carbonyl (C=O) groups is 1. The second kappa shape index (κ2) is 15.1. The van der Waals surface area contributed by atoms with Crippen LogP contribution in [0.4, 0.5) is 0 Å². The highest BCUT2D eigenvalue weighted by Crippen LogP contribution is 2.12. The Morgan fingerprint density at radius 2 is 1.06 bits per heavy atom. The standard InChI is InChI=1S/C30H28O5/c1-32-16-17-33-18-19-34-20-21-35-30(31)29-23-27(14-12-25-8-4-2-5-9-25)22-28(24-29)15-13-26-10-6-3-7-11-26/h2-11,22-24H,16-21H2,1H3. The van der Waals surface area contributed by atoms with Crippen LogP contribution in [-0.2, 0) is 18.9 Å². The van der Waals surface area contributed by atoms with Gasteiger partial charge in [0.05, 0.1) is 38.6 Å². The Balaban J connectivity index is 1.65. The van der Waals surface area contributed by atoms with E-state index in [1.807, 2.05) is 66.7 Å². The van der Waals surface area contributed by atoms with Crippen LogP contribution in [0.1, 0.15) is 32.6 Å². The summed E-state index contributed by atoms with van der Waals surface area (Å²) in [6.07, 6.45) is 0. The van der Waals surface area contributed by atoms with Gasteiger partial charge in [0.15, 0.2) is 0 Å². The maximum atomic E-state index is 12.7. The molecule has 3 aromatic carbocycles. The SMILES string of the molecule is COCCOCCOCCOC(=O)c1cc(C#Cc2ccccc2)cc(C#Cc2ccccc2)c1. The molecule has 0 bridgehead atoms. The summed E-state index contributed by atoms with van der Waals surface area (Å²) in [5, 5.41) is 0. The molecule has 0 aliphatic carbocycles. The Labute approximate surface area is 207 Å². The third-order valence-corrected chi connectivity index (χ3v) is 4.68. The molecular formula is C30H28O5. The number of methoxy groups -OCH3 is 1. The van der Waals surface area contributed by atoms with Gasteiger partial charge in [-0.1, -0.05) is 60.1 Å². The van der Waals surface area contributed by atoms with Gasteiger partial charge in [-0.05, 0) is 42.5 Å². The minimum atomic E-state index is -0.448. The number of carbonyl (C=O) groups excluding carboxylic acids is 1. The molecule has 0 aliphatic heterocycles. The molecule has 0 spiro atoms. The van der Waals surface area contributed by atoms with Crippen molar-refractivity contribution >= 4 is 5.97 Å². The lowest BCUT2D eigenvalue weighted by Crippen LogP contribution is -2.14. The Morgan fingerprint density at radius 3 is 1.57 bits per heavy atom. The molecule has 0 N–H and O–H groups in total. The quantitative estimate of drug-likeness (QED) is 0.252. The molecule has 0 atom stereocenters. The van der Waals surface area contributed by atoms with E-state index in [2.05, 4.69) is 23.7 Å². The van der Waals surface area contributed by atoms with Gasteiger partial charge in [0.25, 0.3) is 0 Å². The van der Waals surface area contributed by atoms with Gasteiger partial charge < -0.3 is 18.9 Å². The summed E-state index contributed by atoms with van der Waals surface area (Å²) >= 11 is 0. The molecule has 178 valence electrons. The van der Waals surface area contributed by atoms with Gasteiger partial charge in [-0.2, -0.15) is 0 Å². The van der Waals surface area contributed by atoms with Crippen LogP contribution < -0.4 is 0 Å². The van der Waals surface area contributed by atoms with Crippen molar-refractivity contribution in [2.24, 2.45) is 0 Å². The molecule has 0 heterocycles. The molecule has 0 fully saturated rings. The Kier molecular flexibility index (Phi) is 11.1. The van der Waals surface area contributed by atoms with Gasteiger partial charge in [0, 0.05) is 29.4 Å². The first-order valence-electron chi connectivity index (χ1n) is 11.4. The summed E-state index contributed by atoms with van der Waals surface area (Å²) in [5.41, 5.74) is 3.54. The lowest BCUT2D eigenvalue weighted by molar-refractivity contribution is 0.00570. The molecule has 0 saturated carbocycles. The molecule has 5 heteroatoms. The normalized spacial score (nSPS) is 9.97. The third-order valence-electron chi connectivity index (χ3n) is 4.68. The predicted octanol–water partition coefficient (Wildman–Crippen LogP) is 4.32. The van der Waals surface area contributed by atoms with E-state index in [4.69, 9.17) is 18.9 Å². The minimum absolute atomic E-state index is 0.141. The summed E-state index contributed by atoms with van der Waals surface area (Å²) in [6.45, 7) is 2.38. The Morgan fingerprint density at radius 1 is 0.600 bits per heavy atom. The monoisotopic (exact) mass is 468 g/mol. The number of ether oxygens (including phenoxy) is 4. The molecule has 0 aromatic heterocycles. The van der Waals surface area contributed by atoms with Gasteiger partial charge in [0.2, 0.25) is 0 Å². The molecule has 0 unspecified atom stereocenters. The predicted molar refractivity (Wildman–Crippen MR) is 135 cm³/mol. The average Bonchev–Trinajstić information content (AvgIpc) is 2.91. The van der Waals surface area contributed by atoms with Crippen molar-refractivity contribution in [1.82, 2.24) is 0 Å². The number of hydrogen-bond donors (Lipinski definition) is 0. The van der Waals surface area contributed by atoms with E-state index in [0.29, 0.717) is 43.1 Å². The van der Waals surface area contributed by atoms with Crippen molar-refractivity contribution in [3.63, 3.8) is 0 Å². The van der Waals surface area contributed by atoms with Crippen LogP contribution in [-0.4, -0.2) is 52.7 Å². The first-order valence-corrected chi connectivity index (χ1v) is 11.4. The first-order chi connectivity index (χ1) is 17.2. The van der Waals surface area contributed by atoms with Crippen LogP contribution in [0.25, 0.3) is 0 Å². The summed E-state index contributed by atoms with van der Waals surface area (Å²) in [7, 11) is 1.62. The van der Waals surface area contributed by atoms with E-state index in [-0.39, 0.29) is 13.2 Å². The van der Waals surface area contributed by atoms with Crippen LogP contribution in [0, 0.1) is 23.7 Å². The van der Waals surface area contributed by atoms with Gasteiger partial charge in [-0.15, -0.1) is 0 Å². The number of rotatable bonds is 10. The van der Waals surface area contributed by atoms with E-state index in [1.165, 1.54) is 0 Å². The van der Waals surface area contributed by atoms with Gasteiger partial charge in [0.1, 0.15) is 6.61 Å². The molecule has 3 aromatic rings. The van der Waals surface area contributed by atoms with Crippen molar-refractivity contribution in [3.05, 3.63) is 107 Å². The Hall–Kier alpha value is -3.87. The zero-order valence-electron chi connectivity index (χ0n) is 19.8. The summed E-state index contributed by atoms with van der Waals surface area (Å²) in [6, 6.07) is 24.7. The van der Waals surface area contributed by atoms with Gasteiger partial charge >= 0.3 is 5.97 Å². The molecule has 3 rings (SSSR count). The lowest BCUT2D eigenvalue weighted by Gasteiger charge is -2.08. The van der Waals surface area contributed by atoms with E-state index < -0.39 is 5.97 Å². The zero-order valence-corrected chi connectivity index (χ0v) is 19.8. The molecule has 0 radical (unpaired) electrons. The van der Waals surface area contributed by atoms with Gasteiger partial charge in [-0.25, -0.2) is 4.79 Å². The van der Waals surface area contributed by atoms with Crippen molar-refractivity contribution in [1.29, 1.82) is 0 Å². The molecule has 0 aliphatic rings. The molecule has 35 heavy (non-hydrogen) atoms. The Bertz CT molecular complexity index is 1110. The van der Waals surface area contributed by atoms with Crippen LogP contribution in [0.3, 0.4) is 0 Å². The fourth-order valence-electron chi connectivity index (χ4n) is 2.96. The third kappa shape index (κ3) is 9.88. The topological polar surface area (TPSA) is 54.0 Å². The number of hydrogen-bond acceptors (Lipinski definition) is 5. The van der Waals surface area contributed by atoms with Crippen LogP contribution >= 0.6 is 0 Å². The van der Waals surface area contributed by atoms with Crippen molar-refractivity contribution in [3.8, 4) is 23.7 Å². The molecular weight excluding hydrogens is 440 g/mol. The van der Waals surface area contributed by atoms with Crippen LogP contribution in [0.15, 0.2) is 78.9 Å². The average molecular weight is 469 g/mol. The number of esters is 1. The van der Waals surface area contributed by atoms with Crippen LogP contribution in [0.5, 0.6) is 0 Å². The lowest BCUT2D eigenvalue weighted by atomic mass is 10.0. The molecule has 5 nitrogen and oxygen atoms in total. The maximum absolute atomic E-state index is 12.7. The fraction of sp³-hybridized carbons (Fsp3) is 0.233. The van der Waals surface area contributed by atoms with E-state index >= 15 is 0 Å². The second-order valence-corrected chi connectivity index (χ2v) is 7.38. The minimum Gasteiger partial charge on any atom is -0.460 e. The van der Waals surface area contributed by atoms with Crippen LogP contribution in [0.2, 0.25) is 0 Å². The molecule has 0 amide bonds. The number of benzene rings is 3. The summed E-state index contributed by atoms with van der Waals surface area (Å²) in [4.78, 5) is 12.7. The zero-order chi connectivity index (χ0) is 24.6. The highest BCUT2D eigenvalue weighted by atomic mass is 16.6. The maximum Gasteiger partial charge on any atom is 0.338 e. The van der Waals surface area contributed by atoms with E-state index in [0.717, 1.165) is 11.1 Å². The first kappa shape index (κ1) is 25.7. The van der Waals surface area contributed by atoms with Crippen molar-refractivity contribution in [2.75, 3.05) is 46.8 Å². The smallest absolute Gasteiger partial charge is 0.338 e. The van der Waals surface area contributed by atoms with Crippen molar-refractivity contribution in [2.45, 2.75) is 0 Å². The summed E-state index contributed by atoms with van der Waals surface area (Å²) < 4.78 is 21.1. The van der Waals surface area contributed by atoms with E-state index in [1.54, 1.807) is 19.2 Å². The summed E-state index contributed by atoms with van der Waals surface area (Å²) in [5.74, 6) is 12.1. The molecule has 0 saturated heterocycles. The second-order valence-electron chi connectivity index (χ2n) is 7.38. The van der Waals surface area contributed by atoms with Gasteiger partial charge in [-0.3, -0.25) is 0 Å². The largest absolute Gasteiger partial charge is 0.460 e. The fourth-order valence-corrected chi connectivity index (χ4v) is 2.96.